The van der Waals surface area contributed by atoms with E-state index in [1.165, 1.54) is 5.56 Å². The molecule has 1 aliphatic heterocycles. The number of carboxylic acid groups (broad SMARTS) is 1. The smallest absolute Gasteiger partial charge is 0.290 e. The van der Waals surface area contributed by atoms with Gasteiger partial charge in [-0.25, -0.2) is 0 Å². The van der Waals surface area contributed by atoms with Gasteiger partial charge >= 0.3 is 0 Å². The highest BCUT2D eigenvalue weighted by Crippen LogP contribution is 2.22. The van der Waals surface area contributed by atoms with Crippen molar-refractivity contribution in [1.82, 2.24) is 20.1 Å². The maximum absolute atomic E-state index is 11.1. The van der Waals surface area contributed by atoms with Crippen LogP contribution in [0, 0.1) is 5.92 Å². The highest BCUT2D eigenvalue weighted by Gasteiger charge is 2.21. The molecule has 0 aliphatic carbocycles. The van der Waals surface area contributed by atoms with E-state index in [1.807, 2.05) is 12.3 Å². The van der Waals surface area contributed by atoms with Crippen LogP contribution in [0.25, 0.3) is 0 Å². The molecule has 8 nitrogen and oxygen atoms in total. The molecular formula is C18H26N4O4. The van der Waals surface area contributed by atoms with Crippen molar-refractivity contribution < 1.29 is 14.3 Å². The molecule has 3 heterocycles. The number of nitrogens with one attached hydrogen (secondary N) is 1. The van der Waals surface area contributed by atoms with Gasteiger partial charge < -0.3 is 14.5 Å². The van der Waals surface area contributed by atoms with Crippen LogP contribution in [0.1, 0.15) is 50.0 Å². The van der Waals surface area contributed by atoms with Crippen LogP contribution in [-0.4, -0.2) is 44.7 Å². The number of rotatable bonds is 5. The van der Waals surface area contributed by atoms with Gasteiger partial charge in [-0.2, -0.15) is 0 Å². The number of pyridine rings is 1. The highest BCUT2D eigenvalue weighted by molar-refractivity contribution is 5.32. The molecule has 1 fully saturated rings. The molecule has 26 heavy (non-hydrogen) atoms. The normalized spacial score (nSPS) is 15.5. The molecular weight excluding hydrogens is 336 g/mol. The summed E-state index contributed by atoms with van der Waals surface area (Å²) < 4.78 is 5.68. The number of carbonyl (C=O) groups is 1. The van der Waals surface area contributed by atoms with Gasteiger partial charge in [-0.1, -0.05) is 19.9 Å². The third-order valence-electron chi connectivity index (χ3n) is 4.42. The molecule has 0 bridgehead atoms. The molecule has 0 amide bonds. The van der Waals surface area contributed by atoms with Gasteiger partial charge in [0.15, 0.2) is 0 Å². The summed E-state index contributed by atoms with van der Waals surface area (Å²) in [5.74, 6) is 2.38. The zero-order valence-corrected chi connectivity index (χ0v) is 15.2. The first-order valence-corrected chi connectivity index (χ1v) is 8.82. The van der Waals surface area contributed by atoms with Crippen molar-refractivity contribution in [2.24, 2.45) is 5.92 Å². The maximum Gasteiger partial charge on any atom is 0.290 e. The summed E-state index contributed by atoms with van der Waals surface area (Å²) in [4.78, 5) is 24.6. The Morgan fingerprint density at radius 3 is 2.58 bits per heavy atom. The summed E-state index contributed by atoms with van der Waals surface area (Å²) in [5.41, 5.74) is 1.17. The molecule has 2 aromatic rings. The third-order valence-corrected chi connectivity index (χ3v) is 4.42. The van der Waals surface area contributed by atoms with Gasteiger partial charge in [0, 0.05) is 18.2 Å². The molecule has 0 radical (unpaired) electrons. The number of piperidine rings is 1. The summed E-state index contributed by atoms with van der Waals surface area (Å²) in [6.07, 6.45) is 5.18. The Kier molecular flexibility index (Phi) is 7.53. The SMILES string of the molecule is CC(C)c1nnc(CN2CCC(Cc3ccc(=O)[nH]c3)CC2)o1.O=CO. The van der Waals surface area contributed by atoms with Gasteiger partial charge in [0.25, 0.3) is 6.47 Å². The van der Waals surface area contributed by atoms with E-state index < -0.39 is 0 Å². The van der Waals surface area contributed by atoms with Crippen molar-refractivity contribution in [1.29, 1.82) is 0 Å². The van der Waals surface area contributed by atoms with Crippen molar-refractivity contribution in [3.05, 3.63) is 46.0 Å². The van der Waals surface area contributed by atoms with Gasteiger partial charge in [0.2, 0.25) is 17.3 Å². The summed E-state index contributed by atoms with van der Waals surface area (Å²) in [7, 11) is 0. The lowest BCUT2D eigenvalue weighted by atomic mass is 9.91. The Hall–Kier alpha value is -2.48. The van der Waals surface area contributed by atoms with Gasteiger partial charge in [-0.3, -0.25) is 14.5 Å². The number of hydrogen-bond donors (Lipinski definition) is 2. The van der Waals surface area contributed by atoms with Crippen LogP contribution in [0.4, 0.5) is 0 Å². The highest BCUT2D eigenvalue weighted by atomic mass is 16.4. The fourth-order valence-corrected chi connectivity index (χ4v) is 3.01. The van der Waals surface area contributed by atoms with Crippen LogP contribution < -0.4 is 5.56 Å². The molecule has 0 aromatic carbocycles. The zero-order chi connectivity index (χ0) is 18.9. The number of aromatic amines is 1. The monoisotopic (exact) mass is 362 g/mol. The van der Waals surface area contributed by atoms with E-state index >= 15 is 0 Å². The summed E-state index contributed by atoms with van der Waals surface area (Å²) in [5, 5.41) is 15.1. The van der Waals surface area contributed by atoms with E-state index in [9.17, 15) is 4.79 Å². The second-order valence-corrected chi connectivity index (χ2v) is 6.78. The molecule has 0 atom stereocenters. The Labute approximate surface area is 152 Å². The van der Waals surface area contributed by atoms with Crippen molar-refractivity contribution in [2.45, 2.75) is 45.6 Å². The first kappa shape index (κ1) is 19.8. The quantitative estimate of drug-likeness (QED) is 0.783. The molecule has 142 valence electrons. The zero-order valence-electron chi connectivity index (χ0n) is 15.2. The molecule has 0 saturated carbocycles. The second kappa shape index (κ2) is 9.86. The number of aromatic nitrogens is 3. The number of nitrogens with zero attached hydrogens (tertiary/aromatic N) is 3. The van der Waals surface area contributed by atoms with E-state index in [2.05, 4.69) is 33.9 Å². The second-order valence-electron chi connectivity index (χ2n) is 6.78. The molecule has 3 rings (SSSR count). The van der Waals surface area contributed by atoms with Gasteiger partial charge in [0.1, 0.15) is 0 Å². The molecule has 1 saturated heterocycles. The molecule has 1 aliphatic rings. The van der Waals surface area contributed by atoms with Crippen LogP contribution in [0.5, 0.6) is 0 Å². The summed E-state index contributed by atoms with van der Waals surface area (Å²) in [6, 6.07) is 3.53. The number of likely N-dealkylation sites (tertiary alicyclic amines) is 1. The van der Waals surface area contributed by atoms with Crippen molar-refractivity contribution in [3.63, 3.8) is 0 Å². The number of hydrogen-bond acceptors (Lipinski definition) is 6. The fourth-order valence-electron chi connectivity index (χ4n) is 3.01. The van der Waals surface area contributed by atoms with E-state index in [0.29, 0.717) is 17.7 Å². The molecule has 0 spiro atoms. The predicted molar refractivity (Wildman–Crippen MR) is 95.8 cm³/mol. The summed E-state index contributed by atoms with van der Waals surface area (Å²) in [6.45, 7) is 6.70. The summed E-state index contributed by atoms with van der Waals surface area (Å²) >= 11 is 0. The lowest BCUT2D eigenvalue weighted by Crippen LogP contribution is -2.34. The van der Waals surface area contributed by atoms with Gasteiger partial charge in [0.05, 0.1) is 6.54 Å². The van der Waals surface area contributed by atoms with Crippen LogP contribution in [0.2, 0.25) is 0 Å². The lowest BCUT2D eigenvalue weighted by molar-refractivity contribution is -0.122. The predicted octanol–water partition coefficient (Wildman–Crippen LogP) is 2.04. The molecule has 8 heteroatoms. The maximum atomic E-state index is 11.1. The molecule has 0 unspecified atom stereocenters. The molecule has 2 aromatic heterocycles. The van der Waals surface area contributed by atoms with Crippen LogP contribution in [-0.2, 0) is 17.8 Å². The first-order valence-electron chi connectivity index (χ1n) is 8.82. The van der Waals surface area contributed by atoms with E-state index in [1.54, 1.807) is 6.07 Å². The Morgan fingerprint density at radius 2 is 2.04 bits per heavy atom. The molecule has 2 N–H and O–H groups in total. The Bertz CT molecular complexity index is 712. The minimum Gasteiger partial charge on any atom is -0.483 e. The van der Waals surface area contributed by atoms with Crippen LogP contribution in [0.15, 0.2) is 27.5 Å². The minimum atomic E-state index is -0.250. The largest absolute Gasteiger partial charge is 0.483 e. The average Bonchev–Trinajstić information content (AvgIpc) is 3.08. The van der Waals surface area contributed by atoms with Crippen molar-refractivity contribution in [3.8, 4) is 0 Å². The number of H-pyrrole nitrogens is 1. The Morgan fingerprint density at radius 1 is 1.35 bits per heavy atom. The fraction of sp³-hybridized carbons (Fsp3) is 0.556. The van der Waals surface area contributed by atoms with E-state index in [-0.39, 0.29) is 17.9 Å². The Balaban J connectivity index is 0.000000758. The standard InChI is InChI=1S/C17H24N4O2.CH2O2/c1-12(2)17-20-19-16(23-17)11-21-7-5-13(6-8-21)9-14-3-4-15(22)18-10-14;2-1-3/h3-4,10,12-13H,5-9,11H2,1-2H3,(H,18,22);1H,(H,2,3). The van der Waals surface area contributed by atoms with Crippen LogP contribution >= 0.6 is 0 Å². The van der Waals surface area contributed by atoms with Crippen molar-refractivity contribution >= 4 is 6.47 Å². The van der Waals surface area contributed by atoms with E-state index in [4.69, 9.17) is 14.3 Å². The third kappa shape index (κ3) is 6.11. The van der Waals surface area contributed by atoms with E-state index in [0.717, 1.165) is 38.9 Å². The first-order chi connectivity index (χ1) is 12.5. The van der Waals surface area contributed by atoms with Gasteiger partial charge in [-0.15, -0.1) is 10.2 Å². The van der Waals surface area contributed by atoms with Crippen molar-refractivity contribution in [2.75, 3.05) is 13.1 Å². The van der Waals surface area contributed by atoms with Gasteiger partial charge in [-0.05, 0) is 43.8 Å². The minimum absolute atomic E-state index is 0.0381. The average molecular weight is 362 g/mol. The van der Waals surface area contributed by atoms with Crippen LogP contribution in [0.3, 0.4) is 0 Å². The lowest BCUT2D eigenvalue weighted by Gasteiger charge is -2.31. The topological polar surface area (TPSA) is 112 Å².